The number of aromatic nitrogens is 1. The number of esters is 1. The van der Waals surface area contributed by atoms with Crippen molar-refractivity contribution in [3.63, 3.8) is 0 Å². The molecule has 7 nitrogen and oxygen atoms in total. The van der Waals surface area contributed by atoms with Crippen molar-refractivity contribution >= 4 is 29.6 Å². The normalized spacial score (nSPS) is 10.5. The number of ether oxygens (including phenoxy) is 1. The van der Waals surface area contributed by atoms with Crippen molar-refractivity contribution in [2.45, 2.75) is 13.5 Å². The second-order valence-corrected chi connectivity index (χ2v) is 5.90. The molecule has 1 aromatic heterocycles. The van der Waals surface area contributed by atoms with Crippen LogP contribution in [0.4, 0.5) is 16.3 Å². The largest absolute Gasteiger partial charge is 0.463 e. The highest BCUT2D eigenvalue weighted by Crippen LogP contribution is 2.14. The third kappa shape index (κ3) is 6.47. The number of amides is 2. The van der Waals surface area contributed by atoms with Gasteiger partial charge in [0.25, 0.3) is 0 Å². The van der Waals surface area contributed by atoms with Crippen molar-refractivity contribution in [3.8, 4) is 0 Å². The van der Waals surface area contributed by atoms with Crippen LogP contribution < -0.4 is 15.5 Å². The van der Waals surface area contributed by atoms with Crippen molar-refractivity contribution < 1.29 is 14.3 Å². The molecule has 27 heavy (non-hydrogen) atoms. The molecule has 2 amide bonds. The van der Waals surface area contributed by atoms with Gasteiger partial charge >= 0.3 is 12.0 Å². The topological polar surface area (TPSA) is 83.6 Å². The smallest absolute Gasteiger partial charge is 0.330 e. The summed E-state index contributed by atoms with van der Waals surface area (Å²) in [6, 6.07) is 10.6. The molecule has 1 heterocycles. The van der Waals surface area contributed by atoms with Crippen LogP contribution in [-0.2, 0) is 16.1 Å². The van der Waals surface area contributed by atoms with E-state index in [9.17, 15) is 9.59 Å². The van der Waals surface area contributed by atoms with Crippen molar-refractivity contribution in [3.05, 3.63) is 59.8 Å². The first-order chi connectivity index (χ1) is 13.0. The van der Waals surface area contributed by atoms with E-state index in [1.807, 2.05) is 31.1 Å². The Morgan fingerprint density at radius 2 is 1.93 bits per heavy atom. The summed E-state index contributed by atoms with van der Waals surface area (Å²) < 4.78 is 4.83. The molecule has 0 aliphatic heterocycles. The van der Waals surface area contributed by atoms with Gasteiger partial charge in [-0.05, 0) is 36.8 Å². The second kappa shape index (κ2) is 9.96. The Balaban J connectivity index is 1.88. The molecular weight excluding hydrogens is 344 g/mol. The van der Waals surface area contributed by atoms with Gasteiger partial charge in [-0.15, -0.1) is 0 Å². The zero-order valence-corrected chi connectivity index (χ0v) is 15.7. The number of hydrogen-bond donors (Lipinski definition) is 2. The Bertz CT molecular complexity index is 801. The fourth-order valence-corrected chi connectivity index (χ4v) is 2.35. The Morgan fingerprint density at radius 1 is 1.19 bits per heavy atom. The highest BCUT2D eigenvalue weighted by atomic mass is 16.5. The number of urea groups is 1. The maximum Gasteiger partial charge on any atom is 0.330 e. The van der Waals surface area contributed by atoms with E-state index in [4.69, 9.17) is 4.74 Å². The number of nitrogens with zero attached hydrogens (tertiary/aromatic N) is 2. The summed E-state index contributed by atoms with van der Waals surface area (Å²) in [5.74, 6) is 0.433. The zero-order valence-electron chi connectivity index (χ0n) is 15.7. The maximum absolute atomic E-state index is 12.1. The van der Waals surface area contributed by atoms with Gasteiger partial charge in [-0.3, -0.25) is 0 Å². The Labute approximate surface area is 159 Å². The lowest BCUT2D eigenvalue weighted by atomic mass is 10.2. The van der Waals surface area contributed by atoms with Crippen LogP contribution in [0.5, 0.6) is 0 Å². The van der Waals surface area contributed by atoms with E-state index in [2.05, 4.69) is 15.6 Å². The molecule has 0 aliphatic rings. The maximum atomic E-state index is 12.1. The molecule has 7 heteroatoms. The van der Waals surface area contributed by atoms with Gasteiger partial charge in [0.2, 0.25) is 0 Å². The molecule has 0 atom stereocenters. The summed E-state index contributed by atoms with van der Waals surface area (Å²) in [6.07, 6.45) is 4.75. The van der Waals surface area contributed by atoms with Crippen LogP contribution in [0.3, 0.4) is 0 Å². The molecule has 142 valence electrons. The first kappa shape index (κ1) is 20.0. The molecule has 0 unspecified atom stereocenters. The van der Waals surface area contributed by atoms with Crippen LogP contribution in [0.25, 0.3) is 6.08 Å². The molecule has 0 saturated heterocycles. The first-order valence-electron chi connectivity index (χ1n) is 8.60. The molecular formula is C20H24N4O3. The Kier molecular flexibility index (Phi) is 7.37. The second-order valence-electron chi connectivity index (χ2n) is 5.90. The number of carbonyl (C=O) groups excluding carboxylic acids is 2. The average Bonchev–Trinajstić information content (AvgIpc) is 2.66. The van der Waals surface area contributed by atoms with Crippen molar-refractivity contribution in [1.29, 1.82) is 0 Å². The van der Waals surface area contributed by atoms with Gasteiger partial charge in [0.15, 0.2) is 0 Å². The molecule has 1 aromatic carbocycles. The number of nitrogens with one attached hydrogen (secondary N) is 2. The summed E-state index contributed by atoms with van der Waals surface area (Å²) in [5, 5.41) is 5.59. The van der Waals surface area contributed by atoms with Crippen LogP contribution >= 0.6 is 0 Å². The molecule has 0 aliphatic carbocycles. The fourth-order valence-electron chi connectivity index (χ4n) is 2.35. The van der Waals surface area contributed by atoms with E-state index in [0.717, 1.165) is 16.9 Å². The summed E-state index contributed by atoms with van der Waals surface area (Å²) in [4.78, 5) is 29.6. The summed E-state index contributed by atoms with van der Waals surface area (Å²) >= 11 is 0. The lowest BCUT2D eigenvalue weighted by molar-refractivity contribution is -0.137. The van der Waals surface area contributed by atoms with Crippen LogP contribution in [0, 0.1) is 0 Å². The Hall–Kier alpha value is -3.35. The molecule has 0 radical (unpaired) electrons. The van der Waals surface area contributed by atoms with Gasteiger partial charge < -0.3 is 20.3 Å². The number of hydrogen-bond acceptors (Lipinski definition) is 5. The predicted molar refractivity (Wildman–Crippen MR) is 107 cm³/mol. The molecule has 2 rings (SSSR count). The minimum absolute atomic E-state index is 0.307. The van der Waals surface area contributed by atoms with Crippen LogP contribution in [0.1, 0.15) is 18.1 Å². The number of benzene rings is 1. The molecule has 0 saturated carbocycles. The van der Waals surface area contributed by atoms with Gasteiger partial charge in [-0.25, -0.2) is 14.6 Å². The standard InChI is InChI=1S/C20H24N4O3/c1-4-27-18(25)12-9-15-7-10-17(11-8-15)23-20(26)22-14-16-6-5-13-21-19(16)24(2)3/h5-13H,4,14H2,1-3H3,(H2,22,23,26)/b12-9-. The molecule has 0 spiro atoms. The van der Waals surface area contributed by atoms with Crippen molar-refractivity contribution in [2.75, 3.05) is 30.9 Å². The molecule has 0 bridgehead atoms. The summed E-state index contributed by atoms with van der Waals surface area (Å²) in [5.41, 5.74) is 2.41. The molecule has 2 aromatic rings. The minimum atomic E-state index is -0.383. The van der Waals surface area contributed by atoms with Crippen LogP contribution in [0.15, 0.2) is 48.7 Å². The van der Waals surface area contributed by atoms with Crippen LogP contribution in [-0.4, -0.2) is 37.7 Å². The highest BCUT2D eigenvalue weighted by Gasteiger charge is 2.07. The average molecular weight is 368 g/mol. The third-order valence-electron chi connectivity index (χ3n) is 3.60. The summed E-state index contributed by atoms with van der Waals surface area (Å²) in [6.45, 7) is 2.47. The van der Waals surface area contributed by atoms with E-state index in [1.54, 1.807) is 43.5 Å². The monoisotopic (exact) mass is 368 g/mol. The Morgan fingerprint density at radius 3 is 2.59 bits per heavy atom. The zero-order chi connectivity index (χ0) is 19.6. The lowest BCUT2D eigenvalue weighted by Gasteiger charge is -2.16. The SMILES string of the molecule is CCOC(=O)/C=C\c1ccc(NC(=O)NCc2cccnc2N(C)C)cc1. The number of anilines is 2. The third-order valence-corrected chi connectivity index (χ3v) is 3.60. The molecule has 2 N–H and O–H groups in total. The van der Waals surface area contributed by atoms with Gasteiger partial charge in [-0.1, -0.05) is 18.2 Å². The highest BCUT2D eigenvalue weighted by molar-refractivity contribution is 5.90. The fraction of sp³-hybridized carbons (Fsp3) is 0.250. The van der Waals surface area contributed by atoms with E-state index in [-0.39, 0.29) is 12.0 Å². The van der Waals surface area contributed by atoms with Crippen molar-refractivity contribution in [2.24, 2.45) is 0 Å². The van der Waals surface area contributed by atoms with Gasteiger partial charge in [-0.2, -0.15) is 0 Å². The van der Waals surface area contributed by atoms with E-state index >= 15 is 0 Å². The van der Waals surface area contributed by atoms with Gasteiger partial charge in [0.1, 0.15) is 5.82 Å². The van der Waals surface area contributed by atoms with E-state index in [0.29, 0.717) is 18.8 Å². The predicted octanol–water partition coefficient (Wildman–Crippen LogP) is 3.05. The van der Waals surface area contributed by atoms with E-state index < -0.39 is 0 Å². The quantitative estimate of drug-likeness (QED) is 0.580. The van der Waals surface area contributed by atoms with E-state index in [1.165, 1.54) is 6.08 Å². The molecule has 0 fully saturated rings. The lowest BCUT2D eigenvalue weighted by Crippen LogP contribution is -2.29. The summed E-state index contributed by atoms with van der Waals surface area (Å²) in [7, 11) is 3.81. The van der Waals surface area contributed by atoms with Gasteiger partial charge in [0, 0.05) is 44.2 Å². The number of carbonyl (C=O) groups is 2. The minimum Gasteiger partial charge on any atom is -0.463 e. The number of rotatable bonds is 7. The van der Waals surface area contributed by atoms with Crippen molar-refractivity contribution in [1.82, 2.24) is 10.3 Å². The first-order valence-corrected chi connectivity index (χ1v) is 8.60. The van der Waals surface area contributed by atoms with Crippen LogP contribution in [0.2, 0.25) is 0 Å². The number of pyridine rings is 1. The van der Waals surface area contributed by atoms with Gasteiger partial charge in [0.05, 0.1) is 6.61 Å².